The molecule has 0 saturated carbocycles. The van der Waals surface area contributed by atoms with Crippen molar-refractivity contribution in [2.45, 2.75) is 39.1 Å². The van der Waals surface area contributed by atoms with E-state index < -0.39 is 12.2 Å². The van der Waals surface area contributed by atoms with Crippen molar-refractivity contribution in [1.29, 1.82) is 0 Å². The Morgan fingerprint density at radius 3 is 2.71 bits per heavy atom. The summed E-state index contributed by atoms with van der Waals surface area (Å²) in [5.74, 6) is 1.01. The largest absolute Gasteiger partial charge is 0.355 e. The number of rotatable bonds is 4. The summed E-state index contributed by atoms with van der Waals surface area (Å²) in [4.78, 5) is 32.6. The van der Waals surface area contributed by atoms with Gasteiger partial charge < -0.3 is 14.9 Å². The van der Waals surface area contributed by atoms with Gasteiger partial charge in [-0.2, -0.15) is 0 Å². The van der Waals surface area contributed by atoms with E-state index in [0.29, 0.717) is 42.7 Å². The maximum absolute atomic E-state index is 14.8. The van der Waals surface area contributed by atoms with E-state index in [2.05, 4.69) is 30.4 Å². The number of aromatic nitrogens is 2. The molecule has 0 bridgehead atoms. The van der Waals surface area contributed by atoms with E-state index in [1.54, 1.807) is 39.6 Å². The van der Waals surface area contributed by atoms with Crippen LogP contribution in [-0.4, -0.2) is 68.6 Å². The topological polar surface area (TPSA) is 85.2 Å². The summed E-state index contributed by atoms with van der Waals surface area (Å²) >= 11 is 8.21. The number of fused-ring (bicyclic) bond motifs is 1. The Labute approximate surface area is 229 Å². The highest BCUT2D eigenvalue weighted by atomic mass is 35.5. The number of nitrogens with zero attached hydrogens (tertiary/aromatic N) is 6. The van der Waals surface area contributed by atoms with E-state index >= 15 is 0 Å². The number of anilines is 2. The minimum absolute atomic E-state index is 0.103. The third-order valence-electron chi connectivity index (χ3n) is 6.74. The van der Waals surface area contributed by atoms with Gasteiger partial charge in [-0.3, -0.25) is 9.69 Å². The first-order valence-corrected chi connectivity index (χ1v) is 13.6. The van der Waals surface area contributed by atoms with Crippen molar-refractivity contribution in [1.82, 2.24) is 19.8 Å². The Bertz CT molecular complexity index is 1430. The fraction of sp³-hybridized carbons (Fsp3) is 0.333. The van der Waals surface area contributed by atoms with E-state index in [4.69, 9.17) is 16.6 Å². The van der Waals surface area contributed by atoms with Gasteiger partial charge >= 0.3 is 0 Å². The molecule has 1 N–H and O–H groups in total. The van der Waals surface area contributed by atoms with Gasteiger partial charge in [0.2, 0.25) is 12.3 Å². The molecule has 38 heavy (non-hydrogen) atoms. The Hall–Kier alpha value is -3.34. The molecule has 0 radical (unpaired) electrons. The van der Waals surface area contributed by atoms with Crippen molar-refractivity contribution in [3.8, 4) is 11.3 Å². The summed E-state index contributed by atoms with van der Waals surface area (Å²) in [7, 11) is 0. The van der Waals surface area contributed by atoms with E-state index in [0.717, 1.165) is 4.88 Å². The Balaban J connectivity index is 1.66. The second kappa shape index (κ2) is 10.4. The molecule has 4 heterocycles. The van der Waals surface area contributed by atoms with Crippen LogP contribution in [0.5, 0.6) is 0 Å². The molecule has 2 atom stereocenters. The van der Waals surface area contributed by atoms with Crippen LogP contribution in [0.1, 0.15) is 37.1 Å². The molecule has 2 aliphatic heterocycles. The van der Waals surface area contributed by atoms with Crippen molar-refractivity contribution in [3.05, 3.63) is 69.8 Å². The third kappa shape index (κ3) is 4.57. The molecule has 0 aliphatic carbocycles. The summed E-state index contributed by atoms with van der Waals surface area (Å²) in [6.45, 7) is 11.1. The summed E-state index contributed by atoms with van der Waals surface area (Å²) in [5, 5.41) is 11.7. The number of benzene rings is 1. The molecule has 5 rings (SSSR count). The zero-order valence-electron chi connectivity index (χ0n) is 21.3. The highest BCUT2D eigenvalue weighted by molar-refractivity contribution is 7.10. The number of aliphatic hydroxyl groups is 1. The lowest BCUT2D eigenvalue weighted by molar-refractivity contribution is -0.128. The second-order valence-electron chi connectivity index (χ2n) is 9.56. The highest BCUT2D eigenvalue weighted by Gasteiger charge is 2.38. The number of aliphatic hydroxyl groups excluding tert-OH is 1. The number of thiazole rings is 1. The first-order chi connectivity index (χ1) is 18.2. The van der Waals surface area contributed by atoms with Crippen molar-refractivity contribution < 1.29 is 14.3 Å². The number of hydrogen-bond acceptors (Lipinski definition) is 8. The Morgan fingerprint density at radius 1 is 1.26 bits per heavy atom. The molecule has 1 aromatic carbocycles. The van der Waals surface area contributed by atoms with Crippen LogP contribution in [0.3, 0.4) is 0 Å². The number of amidine groups is 1. The molecule has 8 nitrogen and oxygen atoms in total. The maximum Gasteiger partial charge on any atom is 0.246 e. The van der Waals surface area contributed by atoms with Gasteiger partial charge in [0, 0.05) is 31.2 Å². The van der Waals surface area contributed by atoms with Crippen molar-refractivity contribution in [3.63, 3.8) is 0 Å². The van der Waals surface area contributed by atoms with Gasteiger partial charge in [0.1, 0.15) is 17.5 Å². The first kappa shape index (κ1) is 26.3. The number of carbonyl (C=O) groups is 1. The van der Waals surface area contributed by atoms with Crippen molar-refractivity contribution in [2.75, 3.05) is 24.5 Å². The number of aliphatic imine (C=N–C) groups is 1. The van der Waals surface area contributed by atoms with Crippen LogP contribution < -0.4 is 4.90 Å². The molecule has 11 heteroatoms. The molecular formula is C27H28ClFN6O2S. The van der Waals surface area contributed by atoms with Crippen molar-refractivity contribution >= 4 is 46.3 Å². The van der Waals surface area contributed by atoms with E-state index in [-0.39, 0.29) is 34.1 Å². The molecule has 1 fully saturated rings. The van der Waals surface area contributed by atoms with Gasteiger partial charge in [0.05, 0.1) is 26.7 Å². The molecular weight excluding hydrogens is 527 g/mol. The summed E-state index contributed by atoms with van der Waals surface area (Å²) in [5.41, 5.74) is 2.84. The number of carbonyl (C=O) groups excluding carboxylic acids is 1. The van der Waals surface area contributed by atoms with Gasteiger partial charge in [0.15, 0.2) is 5.82 Å². The van der Waals surface area contributed by atoms with Gasteiger partial charge in [-0.05, 0) is 37.1 Å². The van der Waals surface area contributed by atoms with Crippen LogP contribution in [0.2, 0.25) is 5.02 Å². The average molecular weight is 555 g/mol. The molecule has 2 aromatic heterocycles. The van der Waals surface area contributed by atoms with Crippen LogP contribution in [0, 0.1) is 5.82 Å². The summed E-state index contributed by atoms with van der Waals surface area (Å²) in [6.07, 6.45) is -0.00906. The predicted molar refractivity (Wildman–Crippen MR) is 148 cm³/mol. The number of hydrogen-bond donors (Lipinski definition) is 1. The fourth-order valence-corrected chi connectivity index (χ4v) is 5.93. The first-order valence-electron chi connectivity index (χ1n) is 12.3. The normalized spacial score (nSPS) is 19.4. The average Bonchev–Trinajstić information content (AvgIpc) is 3.38. The van der Waals surface area contributed by atoms with Gasteiger partial charge in [-0.15, -0.1) is 11.3 Å². The predicted octanol–water partition coefficient (Wildman–Crippen LogP) is 5.01. The molecule has 1 amide bonds. The minimum atomic E-state index is -1.32. The zero-order chi connectivity index (χ0) is 27.1. The quantitative estimate of drug-likeness (QED) is 0.456. The SMILES string of the molecule is C=CC(=O)N1CCN(C2=NC(O)N(c3ncsc3C(C)C)c3nc(-c4ccccc4F)c(Cl)cc32)[C@@H](C)C1. The molecule has 0 spiro atoms. The number of piperazine rings is 1. The lowest BCUT2D eigenvalue weighted by Crippen LogP contribution is -2.56. The molecule has 1 unspecified atom stereocenters. The number of halogens is 2. The summed E-state index contributed by atoms with van der Waals surface area (Å²) in [6, 6.07) is 7.92. The molecule has 3 aromatic rings. The number of amides is 1. The zero-order valence-corrected chi connectivity index (χ0v) is 22.9. The smallest absolute Gasteiger partial charge is 0.246 e. The lowest BCUT2D eigenvalue weighted by atomic mass is 10.0. The minimum Gasteiger partial charge on any atom is -0.355 e. The van der Waals surface area contributed by atoms with Crippen molar-refractivity contribution in [2.24, 2.45) is 4.99 Å². The van der Waals surface area contributed by atoms with Gasteiger partial charge in [-0.1, -0.05) is 44.2 Å². The highest BCUT2D eigenvalue weighted by Crippen LogP contribution is 2.42. The van der Waals surface area contributed by atoms with Crippen LogP contribution >= 0.6 is 22.9 Å². The monoisotopic (exact) mass is 554 g/mol. The van der Waals surface area contributed by atoms with E-state index in [1.165, 1.54) is 23.5 Å². The van der Waals surface area contributed by atoms with Gasteiger partial charge in [0.25, 0.3) is 0 Å². The van der Waals surface area contributed by atoms with Crippen LogP contribution in [-0.2, 0) is 4.79 Å². The molecule has 2 aliphatic rings. The van der Waals surface area contributed by atoms with E-state index in [1.807, 2.05) is 11.8 Å². The molecule has 198 valence electrons. The van der Waals surface area contributed by atoms with Crippen LogP contribution in [0.15, 0.2) is 53.5 Å². The van der Waals surface area contributed by atoms with E-state index in [9.17, 15) is 14.3 Å². The van der Waals surface area contributed by atoms with Gasteiger partial charge in [-0.25, -0.2) is 19.4 Å². The molecule has 1 saturated heterocycles. The van der Waals surface area contributed by atoms with Crippen LogP contribution in [0.4, 0.5) is 16.0 Å². The summed E-state index contributed by atoms with van der Waals surface area (Å²) < 4.78 is 14.8. The third-order valence-corrected chi connectivity index (χ3v) is 8.14. The number of pyridine rings is 1. The Kier molecular flexibility index (Phi) is 7.21. The fourth-order valence-electron chi connectivity index (χ4n) is 4.88. The maximum atomic E-state index is 14.8. The Morgan fingerprint density at radius 2 is 2.03 bits per heavy atom. The van der Waals surface area contributed by atoms with Crippen LogP contribution in [0.25, 0.3) is 11.3 Å². The second-order valence-corrected chi connectivity index (χ2v) is 10.9. The lowest BCUT2D eigenvalue weighted by Gasteiger charge is -2.43. The standard InChI is InChI=1S/C27H28ClFN6O2S/c1-5-21(36)33-10-11-34(16(4)13-33)24-18-12-19(28)22(17-8-6-7-9-20(17)29)31-25(18)35(27(37)32-24)26-23(15(2)3)38-14-30-26/h5-9,12,14-16,27,37H,1,10-11,13H2,2-4H3/t16-,27?/m0/s1.